The predicted molar refractivity (Wildman–Crippen MR) is 133 cm³/mol. The van der Waals surface area contributed by atoms with E-state index >= 15 is 0 Å². The molecule has 0 saturated carbocycles. The quantitative estimate of drug-likeness (QED) is 0.625. The van der Waals surface area contributed by atoms with Gasteiger partial charge in [-0.05, 0) is 55.7 Å². The first-order valence-electron chi connectivity index (χ1n) is 12.3. The Kier molecular flexibility index (Phi) is 7.47. The second-order valence-corrected chi connectivity index (χ2v) is 10.1. The Bertz CT molecular complexity index is 1160. The normalized spacial score (nSPS) is 18.0. The number of likely N-dealkylation sites (tertiary alicyclic amines) is 2. The fourth-order valence-corrected chi connectivity index (χ4v) is 5.19. The number of piperidine rings is 1. The van der Waals surface area contributed by atoms with Crippen molar-refractivity contribution in [1.29, 1.82) is 0 Å². The maximum atomic E-state index is 13.3. The lowest BCUT2D eigenvalue weighted by molar-refractivity contribution is -0.175. The summed E-state index contributed by atoms with van der Waals surface area (Å²) in [7, 11) is 0. The molecule has 2 heterocycles. The Morgan fingerprint density at radius 2 is 1.54 bits per heavy atom. The van der Waals surface area contributed by atoms with Crippen LogP contribution >= 0.6 is 0 Å². The third-order valence-electron chi connectivity index (χ3n) is 7.40. The zero-order valence-corrected chi connectivity index (χ0v) is 20.9. The first-order valence-corrected chi connectivity index (χ1v) is 12.3. The SMILES string of the molecule is Cc1ccc(NC(=O)N2CCC3(CC2)CCN(C(=O)C(NC(=O)C(F)(F)F)c2ccccc2)C3)c(C)c1. The van der Waals surface area contributed by atoms with Crippen molar-refractivity contribution in [2.24, 2.45) is 5.41 Å². The summed E-state index contributed by atoms with van der Waals surface area (Å²) in [5.74, 6) is -2.71. The molecular weight excluding hydrogens is 485 g/mol. The van der Waals surface area contributed by atoms with Crippen LogP contribution in [0.2, 0.25) is 0 Å². The molecule has 1 atom stereocenters. The molecule has 4 amide bonds. The fraction of sp³-hybridized carbons (Fsp3) is 0.444. The van der Waals surface area contributed by atoms with Crippen LogP contribution in [-0.4, -0.2) is 60.0 Å². The number of aryl methyl sites for hydroxylation is 2. The summed E-state index contributed by atoms with van der Waals surface area (Å²) in [5.41, 5.74) is 2.95. The highest BCUT2D eigenvalue weighted by Gasteiger charge is 2.46. The number of benzene rings is 2. The Labute approximate surface area is 214 Å². The third-order valence-corrected chi connectivity index (χ3v) is 7.40. The number of amides is 4. The average molecular weight is 517 g/mol. The van der Waals surface area contributed by atoms with Crippen LogP contribution in [0.1, 0.15) is 42.0 Å². The maximum Gasteiger partial charge on any atom is 0.471 e. The van der Waals surface area contributed by atoms with Crippen molar-refractivity contribution in [1.82, 2.24) is 15.1 Å². The molecule has 0 aromatic heterocycles. The number of hydrogen-bond donors (Lipinski definition) is 2. The van der Waals surface area contributed by atoms with Gasteiger partial charge in [0.05, 0.1) is 0 Å². The van der Waals surface area contributed by atoms with E-state index in [2.05, 4.69) is 5.32 Å². The van der Waals surface area contributed by atoms with Gasteiger partial charge in [-0.2, -0.15) is 13.2 Å². The van der Waals surface area contributed by atoms with E-state index in [1.165, 1.54) is 12.1 Å². The smallest absolute Gasteiger partial charge is 0.340 e. The Balaban J connectivity index is 1.38. The van der Waals surface area contributed by atoms with Crippen molar-refractivity contribution in [2.75, 3.05) is 31.5 Å². The molecule has 198 valence electrons. The molecule has 0 bridgehead atoms. The van der Waals surface area contributed by atoms with E-state index in [-0.39, 0.29) is 11.4 Å². The number of carbonyl (C=O) groups is 3. The highest BCUT2D eigenvalue weighted by molar-refractivity contribution is 5.91. The Morgan fingerprint density at radius 3 is 2.14 bits per heavy atom. The molecule has 1 spiro atoms. The van der Waals surface area contributed by atoms with E-state index in [4.69, 9.17) is 0 Å². The van der Waals surface area contributed by atoms with Gasteiger partial charge >= 0.3 is 18.1 Å². The van der Waals surface area contributed by atoms with Crippen molar-refractivity contribution in [3.05, 3.63) is 65.2 Å². The minimum absolute atomic E-state index is 0.174. The second kappa shape index (κ2) is 10.4. The van der Waals surface area contributed by atoms with Crippen molar-refractivity contribution < 1.29 is 27.6 Å². The Hall–Kier alpha value is -3.56. The fourth-order valence-electron chi connectivity index (χ4n) is 5.19. The predicted octanol–water partition coefficient (Wildman–Crippen LogP) is 4.57. The van der Waals surface area contributed by atoms with E-state index in [0.29, 0.717) is 51.0 Å². The largest absolute Gasteiger partial charge is 0.471 e. The zero-order valence-electron chi connectivity index (χ0n) is 20.9. The summed E-state index contributed by atoms with van der Waals surface area (Å²) in [6.45, 7) is 5.74. The van der Waals surface area contributed by atoms with Crippen LogP contribution in [0.15, 0.2) is 48.5 Å². The summed E-state index contributed by atoms with van der Waals surface area (Å²) in [4.78, 5) is 41.1. The summed E-state index contributed by atoms with van der Waals surface area (Å²) in [6.07, 6.45) is -3.03. The number of alkyl halides is 3. The number of anilines is 1. The van der Waals surface area contributed by atoms with Crippen molar-refractivity contribution >= 4 is 23.5 Å². The number of nitrogens with zero attached hydrogens (tertiary/aromatic N) is 2. The Morgan fingerprint density at radius 1 is 0.919 bits per heavy atom. The summed E-state index contributed by atoms with van der Waals surface area (Å²) in [5, 5.41) is 4.85. The molecule has 10 heteroatoms. The third kappa shape index (κ3) is 6.06. The molecule has 2 aliphatic rings. The molecule has 37 heavy (non-hydrogen) atoms. The summed E-state index contributed by atoms with van der Waals surface area (Å²) >= 11 is 0. The van der Waals surface area contributed by atoms with Crippen molar-refractivity contribution in [3.63, 3.8) is 0 Å². The van der Waals surface area contributed by atoms with Crippen LogP contribution in [0.25, 0.3) is 0 Å². The van der Waals surface area contributed by atoms with Gasteiger partial charge in [-0.25, -0.2) is 4.79 Å². The minimum atomic E-state index is -5.09. The first kappa shape index (κ1) is 26.5. The molecule has 2 fully saturated rings. The van der Waals surface area contributed by atoms with Crippen molar-refractivity contribution in [2.45, 2.75) is 45.3 Å². The van der Waals surface area contributed by atoms with Gasteiger partial charge in [-0.1, -0.05) is 48.0 Å². The van der Waals surface area contributed by atoms with Crippen molar-refractivity contribution in [3.8, 4) is 0 Å². The first-order chi connectivity index (χ1) is 17.5. The number of nitrogens with one attached hydrogen (secondary N) is 2. The van der Waals surface area contributed by atoms with E-state index in [1.807, 2.05) is 37.4 Å². The lowest BCUT2D eigenvalue weighted by atomic mass is 9.78. The highest BCUT2D eigenvalue weighted by atomic mass is 19.4. The van der Waals surface area contributed by atoms with E-state index in [9.17, 15) is 27.6 Å². The van der Waals surface area contributed by atoms with Gasteiger partial charge in [0.25, 0.3) is 0 Å². The number of rotatable bonds is 4. The van der Waals surface area contributed by atoms with Crippen LogP contribution in [0, 0.1) is 19.3 Å². The molecule has 7 nitrogen and oxygen atoms in total. The maximum absolute atomic E-state index is 13.3. The zero-order chi connectivity index (χ0) is 26.8. The van der Waals surface area contributed by atoms with Gasteiger partial charge in [0.1, 0.15) is 6.04 Å². The second-order valence-electron chi connectivity index (χ2n) is 10.1. The van der Waals surface area contributed by atoms with Gasteiger partial charge in [0.15, 0.2) is 0 Å². The van der Waals surface area contributed by atoms with Crippen LogP contribution in [0.3, 0.4) is 0 Å². The summed E-state index contributed by atoms with van der Waals surface area (Å²) in [6, 6.07) is 12.2. The van der Waals surface area contributed by atoms with Crippen LogP contribution in [0.4, 0.5) is 23.7 Å². The molecule has 2 aromatic carbocycles. The van der Waals surface area contributed by atoms with Gasteiger partial charge in [0.2, 0.25) is 5.91 Å². The van der Waals surface area contributed by atoms with Gasteiger partial charge < -0.3 is 20.4 Å². The molecule has 2 aliphatic heterocycles. The number of carbonyl (C=O) groups excluding carboxylic acids is 3. The lowest BCUT2D eigenvalue weighted by Crippen LogP contribution is -2.48. The van der Waals surface area contributed by atoms with Gasteiger partial charge in [-0.15, -0.1) is 0 Å². The molecule has 4 rings (SSSR count). The monoisotopic (exact) mass is 516 g/mol. The molecular formula is C27H31F3N4O3. The topological polar surface area (TPSA) is 81.8 Å². The lowest BCUT2D eigenvalue weighted by Gasteiger charge is -2.39. The standard InChI is InChI=1S/C27H31F3N4O3/c1-18-8-9-21(19(2)16-18)31-25(37)33-13-10-26(11-14-33)12-15-34(17-26)23(35)22(20-6-4-3-5-7-20)32-24(36)27(28,29)30/h3-9,16,22H,10-15,17H2,1-2H3,(H,31,37)(H,32,36). The number of hydrogen-bond acceptors (Lipinski definition) is 3. The van der Waals surface area contributed by atoms with Gasteiger partial charge in [0, 0.05) is 31.9 Å². The van der Waals surface area contributed by atoms with Gasteiger partial charge in [-0.3, -0.25) is 9.59 Å². The summed E-state index contributed by atoms with van der Waals surface area (Å²) < 4.78 is 38.9. The van der Waals surface area contributed by atoms with Crippen LogP contribution < -0.4 is 10.6 Å². The minimum Gasteiger partial charge on any atom is -0.340 e. The van der Waals surface area contributed by atoms with Crippen LogP contribution in [-0.2, 0) is 9.59 Å². The van der Waals surface area contributed by atoms with E-state index in [1.54, 1.807) is 28.0 Å². The average Bonchev–Trinajstić information content (AvgIpc) is 3.27. The number of urea groups is 1. The molecule has 2 N–H and O–H groups in total. The molecule has 2 aromatic rings. The highest BCUT2D eigenvalue weighted by Crippen LogP contribution is 2.41. The van der Waals surface area contributed by atoms with Crippen LogP contribution in [0.5, 0.6) is 0 Å². The molecule has 0 radical (unpaired) electrons. The number of halogens is 3. The molecule has 0 aliphatic carbocycles. The molecule has 2 saturated heterocycles. The molecule has 1 unspecified atom stereocenters. The van der Waals surface area contributed by atoms with E-state index in [0.717, 1.165) is 16.8 Å². The van der Waals surface area contributed by atoms with E-state index < -0.39 is 24.0 Å².